The number of nitrogens with two attached hydrogens (primary N) is 1. The molecule has 82 valence electrons. The van der Waals surface area contributed by atoms with Gasteiger partial charge in [0, 0.05) is 11.1 Å². The van der Waals surface area contributed by atoms with Gasteiger partial charge >= 0.3 is 0 Å². The van der Waals surface area contributed by atoms with Gasteiger partial charge in [0.1, 0.15) is 5.75 Å². The summed E-state index contributed by atoms with van der Waals surface area (Å²) in [6.07, 6.45) is 2.08. The average Bonchev–Trinajstić information content (AvgIpc) is 2.12. The first-order chi connectivity index (χ1) is 7.11. The number of benzene rings is 1. The summed E-state index contributed by atoms with van der Waals surface area (Å²) in [5, 5.41) is 0.781. The highest BCUT2D eigenvalue weighted by Crippen LogP contribution is 2.42. The Kier molecular flexibility index (Phi) is 2.89. The fraction of sp³-hybridized carbons (Fsp3) is 0.500. The van der Waals surface area contributed by atoms with E-state index in [1.807, 2.05) is 19.1 Å². The van der Waals surface area contributed by atoms with Crippen LogP contribution >= 0.6 is 11.6 Å². The molecule has 0 aromatic heterocycles. The Hall–Kier alpha value is -0.730. The molecule has 0 unspecified atom stereocenters. The van der Waals surface area contributed by atoms with Gasteiger partial charge in [0.25, 0.3) is 0 Å². The van der Waals surface area contributed by atoms with E-state index in [0.717, 1.165) is 29.2 Å². The predicted octanol–water partition coefficient (Wildman–Crippen LogP) is 2.86. The Labute approximate surface area is 95.4 Å². The molecule has 2 nitrogen and oxygen atoms in total. The molecule has 0 spiro atoms. The summed E-state index contributed by atoms with van der Waals surface area (Å²) in [5.74, 6) is 1.49. The molecule has 1 aromatic rings. The van der Waals surface area contributed by atoms with Crippen LogP contribution in [0.25, 0.3) is 0 Å². The standard InChI is InChI=1S/C12H16ClNO/c1-7-3-9(13)6-11(12(7)15-2)8-4-10(14)5-8/h3,6,8,10H,4-5,14H2,1-2H3. The SMILES string of the molecule is COc1c(C)cc(Cl)cc1C1CC(N)C1. The van der Waals surface area contributed by atoms with Crippen LogP contribution in [0.15, 0.2) is 12.1 Å². The van der Waals surface area contributed by atoms with E-state index in [1.54, 1.807) is 7.11 Å². The van der Waals surface area contributed by atoms with E-state index in [0.29, 0.717) is 12.0 Å². The van der Waals surface area contributed by atoms with Crippen molar-refractivity contribution in [3.8, 4) is 5.75 Å². The van der Waals surface area contributed by atoms with Gasteiger partial charge in [-0.1, -0.05) is 11.6 Å². The monoisotopic (exact) mass is 225 g/mol. The molecule has 0 saturated heterocycles. The number of ether oxygens (including phenoxy) is 1. The van der Waals surface area contributed by atoms with Gasteiger partial charge in [-0.05, 0) is 48.9 Å². The van der Waals surface area contributed by atoms with Gasteiger partial charge in [-0.2, -0.15) is 0 Å². The zero-order valence-corrected chi connectivity index (χ0v) is 9.84. The van der Waals surface area contributed by atoms with Crippen LogP contribution in [0.2, 0.25) is 5.02 Å². The van der Waals surface area contributed by atoms with E-state index in [1.165, 1.54) is 5.56 Å². The topological polar surface area (TPSA) is 35.2 Å². The third-order valence-electron chi connectivity index (χ3n) is 3.09. The lowest BCUT2D eigenvalue weighted by Crippen LogP contribution is -2.34. The number of halogens is 1. The average molecular weight is 226 g/mol. The van der Waals surface area contributed by atoms with Crippen molar-refractivity contribution in [2.45, 2.75) is 31.7 Å². The molecule has 2 N–H and O–H groups in total. The van der Waals surface area contributed by atoms with Gasteiger partial charge < -0.3 is 10.5 Å². The first-order valence-electron chi connectivity index (χ1n) is 5.21. The zero-order chi connectivity index (χ0) is 11.0. The van der Waals surface area contributed by atoms with Gasteiger partial charge in [0.15, 0.2) is 0 Å². The molecular formula is C12H16ClNO. The molecule has 0 radical (unpaired) electrons. The second-order valence-electron chi connectivity index (χ2n) is 4.27. The molecule has 0 heterocycles. The highest BCUT2D eigenvalue weighted by Gasteiger charge is 2.30. The Morgan fingerprint density at radius 2 is 2.07 bits per heavy atom. The van der Waals surface area contributed by atoms with Crippen molar-refractivity contribution in [1.82, 2.24) is 0 Å². The van der Waals surface area contributed by atoms with Gasteiger partial charge in [-0.25, -0.2) is 0 Å². The normalized spacial score (nSPS) is 24.8. The van der Waals surface area contributed by atoms with E-state index in [-0.39, 0.29) is 0 Å². The molecular weight excluding hydrogens is 210 g/mol. The molecule has 15 heavy (non-hydrogen) atoms. The van der Waals surface area contributed by atoms with E-state index in [4.69, 9.17) is 22.1 Å². The molecule has 1 fully saturated rings. The molecule has 1 aliphatic rings. The summed E-state index contributed by atoms with van der Waals surface area (Å²) in [6.45, 7) is 2.02. The largest absolute Gasteiger partial charge is 0.496 e. The van der Waals surface area contributed by atoms with Crippen LogP contribution in [-0.4, -0.2) is 13.2 Å². The van der Waals surface area contributed by atoms with Crippen molar-refractivity contribution in [2.24, 2.45) is 5.73 Å². The van der Waals surface area contributed by atoms with E-state index < -0.39 is 0 Å². The molecule has 0 aliphatic heterocycles. The minimum atomic E-state index is 0.346. The summed E-state index contributed by atoms with van der Waals surface area (Å²) in [5.41, 5.74) is 8.11. The van der Waals surface area contributed by atoms with Crippen LogP contribution in [0.5, 0.6) is 5.75 Å². The molecule has 1 aromatic carbocycles. The summed E-state index contributed by atoms with van der Waals surface area (Å²) in [6, 6.07) is 4.28. The maximum Gasteiger partial charge on any atom is 0.125 e. The minimum absolute atomic E-state index is 0.346. The van der Waals surface area contributed by atoms with Crippen molar-refractivity contribution in [3.05, 3.63) is 28.3 Å². The Morgan fingerprint density at radius 1 is 1.40 bits per heavy atom. The molecule has 0 amide bonds. The summed E-state index contributed by atoms with van der Waals surface area (Å²) in [7, 11) is 1.71. The molecule has 0 atom stereocenters. The highest BCUT2D eigenvalue weighted by atomic mass is 35.5. The smallest absolute Gasteiger partial charge is 0.125 e. The lowest BCUT2D eigenvalue weighted by molar-refractivity contribution is 0.333. The van der Waals surface area contributed by atoms with Gasteiger partial charge in [0.2, 0.25) is 0 Å². The maximum absolute atomic E-state index is 6.05. The van der Waals surface area contributed by atoms with Gasteiger partial charge in [0.05, 0.1) is 7.11 Å². The first kappa shape index (κ1) is 10.8. The second-order valence-corrected chi connectivity index (χ2v) is 4.71. The van der Waals surface area contributed by atoms with Crippen molar-refractivity contribution in [1.29, 1.82) is 0 Å². The van der Waals surface area contributed by atoms with Crippen LogP contribution in [0, 0.1) is 6.92 Å². The van der Waals surface area contributed by atoms with E-state index in [2.05, 4.69) is 0 Å². The van der Waals surface area contributed by atoms with Crippen LogP contribution < -0.4 is 10.5 Å². The summed E-state index contributed by atoms with van der Waals surface area (Å²) in [4.78, 5) is 0. The predicted molar refractivity (Wildman–Crippen MR) is 62.7 cm³/mol. The quantitative estimate of drug-likeness (QED) is 0.840. The van der Waals surface area contributed by atoms with Crippen LogP contribution in [0.1, 0.15) is 29.9 Å². The molecule has 1 aliphatic carbocycles. The summed E-state index contributed by atoms with van der Waals surface area (Å²) >= 11 is 6.05. The molecule has 0 bridgehead atoms. The van der Waals surface area contributed by atoms with Crippen LogP contribution in [-0.2, 0) is 0 Å². The van der Waals surface area contributed by atoms with Crippen LogP contribution in [0.4, 0.5) is 0 Å². The third-order valence-corrected chi connectivity index (χ3v) is 3.30. The molecule has 2 rings (SSSR count). The van der Waals surface area contributed by atoms with Crippen molar-refractivity contribution in [3.63, 3.8) is 0 Å². The maximum atomic E-state index is 6.05. The fourth-order valence-corrected chi connectivity index (χ4v) is 2.53. The number of methoxy groups -OCH3 is 1. The number of rotatable bonds is 2. The summed E-state index contributed by atoms with van der Waals surface area (Å²) < 4.78 is 5.42. The second kappa shape index (κ2) is 4.03. The zero-order valence-electron chi connectivity index (χ0n) is 9.09. The van der Waals surface area contributed by atoms with Gasteiger partial charge in [-0.3, -0.25) is 0 Å². The van der Waals surface area contributed by atoms with Gasteiger partial charge in [-0.15, -0.1) is 0 Å². The fourth-order valence-electron chi connectivity index (χ4n) is 2.25. The lowest BCUT2D eigenvalue weighted by Gasteiger charge is -2.34. The number of hydrogen-bond acceptors (Lipinski definition) is 2. The Balaban J connectivity index is 2.36. The minimum Gasteiger partial charge on any atom is -0.496 e. The molecule has 3 heteroatoms. The Bertz CT molecular complexity index is 372. The Morgan fingerprint density at radius 3 is 2.60 bits per heavy atom. The molecule has 1 saturated carbocycles. The van der Waals surface area contributed by atoms with Crippen molar-refractivity contribution < 1.29 is 4.74 Å². The number of aryl methyl sites for hydroxylation is 1. The van der Waals surface area contributed by atoms with E-state index >= 15 is 0 Å². The number of hydrogen-bond donors (Lipinski definition) is 1. The van der Waals surface area contributed by atoms with Crippen LogP contribution in [0.3, 0.4) is 0 Å². The first-order valence-corrected chi connectivity index (χ1v) is 5.59. The lowest BCUT2D eigenvalue weighted by atomic mass is 9.75. The third kappa shape index (κ3) is 1.97. The van der Waals surface area contributed by atoms with Crippen molar-refractivity contribution >= 4 is 11.6 Å². The van der Waals surface area contributed by atoms with E-state index in [9.17, 15) is 0 Å². The highest BCUT2D eigenvalue weighted by molar-refractivity contribution is 6.30. The van der Waals surface area contributed by atoms with Crippen molar-refractivity contribution in [2.75, 3.05) is 7.11 Å².